The Bertz CT molecular complexity index is 1330. The van der Waals surface area contributed by atoms with Crippen LogP contribution in [0.3, 0.4) is 0 Å². The first-order valence-corrected chi connectivity index (χ1v) is 11.6. The van der Waals surface area contributed by atoms with Gasteiger partial charge in [0.1, 0.15) is 17.3 Å². The van der Waals surface area contributed by atoms with Crippen molar-refractivity contribution < 1.29 is 22.1 Å². The van der Waals surface area contributed by atoms with Crippen LogP contribution in [0.4, 0.5) is 29.1 Å². The average molecular weight is 510 g/mol. The molecule has 0 aliphatic carbocycles. The maximum absolute atomic E-state index is 13.5. The summed E-state index contributed by atoms with van der Waals surface area (Å²) >= 11 is 0. The van der Waals surface area contributed by atoms with Gasteiger partial charge in [-0.15, -0.1) is 0 Å². The Balaban J connectivity index is 1.49. The molecule has 36 heavy (non-hydrogen) atoms. The summed E-state index contributed by atoms with van der Waals surface area (Å²) in [7, 11) is 1.22. The number of fused-ring (bicyclic) bond motifs is 1. The topological polar surface area (TPSA) is 98.2 Å². The smallest absolute Gasteiger partial charge is 0.350 e. The lowest BCUT2D eigenvalue weighted by Gasteiger charge is -2.25. The molecule has 0 bridgehead atoms. The van der Waals surface area contributed by atoms with Crippen molar-refractivity contribution in [1.29, 1.82) is 0 Å². The van der Waals surface area contributed by atoms with Gasteiger partial charge in [-0.1, -0.05) is 18.5 Å². The molecule has 9 nitrogen and oxygen atoms in total. The molecule has 1 atom stereocenters. The van der Waals surface area contributed by atoms with Crippen LogP contribution in [0.15, 0.2) is 38.4 Å². The summed E-state index contributed by atoms with van der Waals surface area (Å²) in [5.74, 6) is 0.227. The zero-order valence-electron chi connectivity index (χ0n) is 19.8. The molecule has 1 N–H and O–H groups in total. The van der Waals surface area contributed by atoms with Gasteiger partial charge in [-0.3, -0.25) is 13.9 Å². The monoisotopic (exact) mass is 510 g/mol. The lowest BCUT2D eigenvalue weighted by Crippen LogP contribution is -2.46. The van der Waals surface area contributed by atoms with E-state index in [1.807, 2.05) is 6.92 Å². The van der Waals surface area contributed by atoms with Gasteiger partial charge in [0.25, 0.3) is 5.56 Å². The number of hydrogen-bond donors (Lipinski definition) is 1. The first kappa shape index (κ1) is 25.5. The van der Waals surface area contributed by atoms with E-state index in [9.17, 15) is 27.2 Å². The highest BCUT2D eigenvalue weighted by molar-refractivity contribution is 5.71. The quantitative estimate of drug-likeness (QED) is 0.346. The molecule has 194 valence electrons. The molecule has 0 spiro atoms. The van der Waals surface area contributed by atoms with Gasteiger partial charge in [-0.05, 0) is 43.5 Å². The van der Waals surface area contributed by atoms with Crippen LogP contribution in [0.1, 0.15) is 38.5 Å². The highest BCUT2D eigenvalue weighted by Crippen LogP contribution is 2.36. The Morgan fingerprint density at radius 1 is 1.06 bits per heavy atom. The van der Waals surface area contributed by atoms with E-state index in [4.69, 9.17) is 4.52 Å². The van der Waals surface area contributed by atoms with E-state index < -0.39 is 23.6 Å². The fraction of sp³-hybridized carbons (Fsp3) is 0.478. The maximum atomic E-state index is 13.5. The van der Waals surface area contributed by atoms with E-state index in [0.717, 1.165) is 15.9 Å². The number of aromatic nitrogens is 4. The van der Waals surface area contributed by atoms with E-state index in [-0.39, 0.29) is 30.4 Å². The maximum Gasteiger partial charge on any atom is 0.427 e. The highest BCUT2D eigenvalue weighted by Gasteiger charge is 2.49. The number of benzene rings is 1. The van der Waals surface area contributed by atoms with Gasteiger partial charge in [0, 0.05) is 32.1 Å². The van der Waals surface area contributed by atoms with E-state index in [0.29, 0.717) is 43.0 Å². The van der Waals surface area contributed by atoms with Crippen molar-refractivity contribution in [2.45, 2.75) is 64.5 Å². The Hall–Kier alpha value is -3.64. The first-order chi connectivity index (χ1) is 17.1. The SMILES string of the molecule is CCCCn1c2c(c(=O)n(CCCCc3nc(-c4ccc(F)cc4)no3)c1=O)NC(C(F)(F)F)N2C. The van der Waals surface area contributed by atoms with Crippen LogP contribution in [0.2, 0.25) is 0 Å². The second kappa shape index (κ2) is 10.2. The van der Waals surface area contributed by atoms with Crippen molar-refractivity contribution in [2.75, 3.05) is 17.3 Å². The summed E-state index contributed by atoms with van der Waals surface area (Å²) in [5, 5.41) is 6.14. The number of hydrogen-bond acceptors (Lipinski definition) is 7. The zero-order valence-corrected chi connectivity index (χ0v) is 19.8. The van der Waals surface area contributed by atoms with Gasteiger partial charge in [0.2, 0.25) is 11.7 Å². The summed E-state index contributed by atoms with van der Waals surface area (Å²) in [6.07, 6.45) is -4.18. The van der Waals surface area contributed by atoms with Gasteiger partial charge >= 0.3 is 11.9 Å². The number of halogens is 4. The number of anilines is 2. The van der Waals surface area contributed by atoms with Crippen LogP contribution in [0, 0.1) is 5.82 Å². The Morgan fingerprint density at radius 2 is 1.75 bits per heavy atom. The van der Waals surface area contributed by atoms with Crippen LogP contribution in [0.25, 0.3) is 11.4 Å². The summed E-state index contributed by atoms with van der Waals surface area (Å²) in [6, 6.07) is 5.64. The molecule has 1 aliphatic heterocycles. The first-order valence-electron chi connectivity index (χ1n) is 11.6. The minimum Gasteiger partial charge on any atom is -0.350 e. The molecule has 1 aliphatic rings. The van der Waals surface area contributed by atoms with E-state index >= 15 is 0 Å². The number of rotatable bonds is 9. The molecule has 13 heteroatoms. The molecular weight excluding hydrogens is 484 g/mol. The Morgan fingerprint density at radius 3 is 2.42 bits per heavy atom. The molecule has 0 saturated heterocycles. The normalized spacial score (nSPS) is 15.3. The zero-order chi connectivity index (χ0) is 26.0. The van der Waals surface area contributed by atoms with E-state index in [1.54, 1.807) is 0 Å². The standard InChI is InChI=1S/C23H26F4N6O3/c1-3-4-12-32-19-17(29-21(31(19)2)23(25,26)27)20(34)33(22(32)35)13-6-5-7-16-28-18(30-36-16)14-8-10-15(24)11-9-14/h8-11,21,29H,3-7,12-13H2,1-2H3. The summed E-state index contributed by atoms with van der Waals surface area (Å²) in [4.78, 5) is 31.3. The van der Waals surface area contributed by atoms with Crippen LogP contribution >= 0.6 is 0 Å². The average Bonchev–Trinajstić information content (AvgIpc) is 3.44. The molecule has 0 saturated carbocycles. The lowest BCUT2D eigenvalue weighted by molar-refractivity contribution is -0.140. The van der Waals surface area contributed by atoms with Gasteiger partial charge in [0.05, 0.1) is 0 Å². The molecule has 4 rings (SSSR count). The molecule has 3 heterocycles. The van der Waals surface area contributed by atoms with Gasteiger partial charge in [-0.2, -0.15) is 18.2 Å². The number of aryl methyl sites for hydroxylation is 1. The summed E-state index contributed by atoms with van der Waals surface area (Å²) in [5.41, 5.74) is -1.05. The van der Waals surface area contributed by atoms with Crippen molar-refractivity contribution in [3.05, 3.63) is 56.8 Å². The molecule has 2 aromatic heterocycles. The molecule has 0 radical (unpaired) electrons. The van der Waals surface area contributed by atoms with Crippen LogP contribution in [0.5, 0.6) is 0 Å². The second-order valence-electron chi connectivity index (χ2n) is 8.62. The highest BCUT2D eigenvalue weighted by atomic mass is 19.4. The fourth-order valence-electron chi connectivity index (χ4n) is 4.17. The fourth-order valence-corrected chi connectivity index (χ4v) is 4.17. The van der Waals surface area contributed by atoms with Gasteiger partial charge in [0.15, 0.2) is 6.17 Å². The number of nitrogens with zero attached hydrogens (tertiary/aromatic N) is 5. The minimum atomic E-state index is -4.63. The van der Waals surface area contributed by atoms with Crippen molar-refractivity contribution in [3.8, 4) is 11.4 Å². The predicted octanol–water partition coefficient (Wildman–Crippen LogP) is 3.77. The Labute approximate surface area is 203 Å². The molecule has 0 amide bonds. The Kier molecular flexibility index (Phi) is 7.18. The molecule has 1 unspecified atom stereocenters. The molecule has 0 fully saturated rings. The van der Waals surface area contributed by atoms with Crippen molar-refractivity contribution >= 4 is 11.5 Å². The number of nitrogens with one attached hydrogen (secondary N) is 1. The van der Waals surface area contributed by atoms with Crippen LogP contribution < -0.4 is 21.5 Å². The summed E-state index contributed by atoms with van der Waals surface area (Å²) < 4.78 is 61.0. The number of alkyl halides is 3. The largest absolute Gasteiger partial charge is 0.427 e. The minimum absolute atomic E-state index is 0.0259. The van der Waals surface area contributed by atoms with Gasteiger partial charge in [-0.25, -0.2) is 9.18 Å². The number of unbranched alkanes of at least 4 members (excludes halogenated alkanes) is 2. The molecule has 3 aromatic rings. The van der Waals surface area contributed by atoms with Crippen molar-refractivity contribution in [2.24, 2.45) is 0 Å². The molecular formula is C23H26F4N6O3. The van der Waals surface area contributed by atoms with Crippen LogP contribution in [-0.4, -0.2) is 38.7 Å². The second-order valence-corrected chi connectivity index (χ2v) is 8.62. The lowest BCUT2D eigenvalue weighted by atomic mass is 10.2. The van der Waals surface area contributed by atoms with Crippen molar-refractivity contribution in [1.82, 2.24) is 19.3 Å². The van der Waals surface area contributed by atoms with E-state index in [2.05, 4.69) is 15.5 Å². The summed E-state index contributed by atoms with van der Waals surface area (Å²) in [6.45, 7) is 2.13. The molecule has 1 aromatic carbocycles. The van der Waals surface area contributed by atoms with E-state index in [1.165, 1.54) is 35.9 Å². The van der Waals surface area contributed by atoms with Crippen LogP contribution in [-0.2, 0) is 19.5 Å². The van der Waals surface area contributed by atoms with Crippen molar-refractivity contribution in [3.63, 3.8) is 0 Å². The van der Waals surface area contributed by atoms with Gasteiger partial charge < -0.3 is 14.7 Å². The third-order valence-electron chi connectivity index (χ3n) is 6.04. The third kappa shape index (κ3) is 5.00. The third-order valence-corrected chi connectivity index (χ3v) is 6.04. The predicted molar refractivity (Wildman–Crippen MR) is 124 cm³/mol.